The van der Waals surface area contributed by atoms with Gasteiger partial charge in [0.25, 0.3) is 0 Å². The molecule has 0 unspecified atom stereocenters. The van der Waals surface area contributed by atoms with Crippen LogP contribution in [0, 0.1) is 0 Å². The van der Waals surface area contributed by atoms with E-state index in [1.807, 2.05) is 32.2 Å². The van der Waals surface area contributed by atoms with Gasteiger partial charge in [-0.15, -0.1) is 0 Å². The van der Waals surface area contributed by atoms with Gasteiger partial charge in [0.15, 0.2) is 0 Å². The van der Waals surface area contributed by atoms with Crippen LogP contribution >= 0.6 is 15.9 Å². The number of benzene rings is 1. The molecule has 14 heavy (non-hydrogen) atoms. The molecule has 2 heteroatoms. The summed E-state index contributed by atoms with van der Waals surface area (Å²) in [6, 6.07) is 8.23. The van der Waals surface area contributed by atoms with E-state index in [1.54, 1.807) is 0 Å². The van der Waals surface area contributed by atoms with Gasteiger partial charge in [-0.05, 0) is 37.1 Å². The first-order valence-electron chi connectivity index (χ1n) is 4.70. The highest BCUT2D eigenvalue weighted by atomic mass is 79.9. The van der Waals surface area contributed by atoms with Crippen LogP contribution < -0.4 is 0 Å². The largest absolute Gasteiger partial charge is 0.293 e. The lowest BCUT2D eigenvalue weighted by molar-refractivity contribution is 1.14. The molecule has 0 fully saturated rings. The first-order valence-corrected chi connectivity index (χ1v) is 5.49. The average molecular weight is 252 g/mol. The van der Waals surface area contributed by atoms with Crippen LogP contribution in [0.3, 0.4) is 0 Å². The lowest BCUT2D eigenvalue weighted by Gasteiger charge is -2.01. The quantitative estimate of drug-likeness (QED) is 0.722. The maximum absolute atomic E-state index is 4.24. The summed E-state index contributed by atoms with van der Waals surface area (Å²) in [6.07, 6.45) is 3.99. The Bertz CT molecular complexity index is 353. The number of hydrogen-bond acceptors (Lipinski definition) is 1. The van der Waals surface area contributed by atoms with E-state index in [1.165, 1.54) is 5.56 Å². The summed E-state index contributed by atoms with van der Waals surface area (Å²) >= 11 is 3.46. The fourth-order valence-electron chi connectivity index (χ4n) is 1.17. The molecule has 0 bridgehead atoms. The predicted molar refractivity (Wildman–Crippen MR) is 66.8 cm³/mol. The molecule has 74 valence electrons. The summed E-state index contributed by atoms with van der Waals surface area (Å²) in [7, 11) is 0. The molecular weight excluding hydrogens is 238 g/mol. The van der Waals surface area contributed by atoms with Gasteiger partial charge in [0.05, 0.1) is 0 Å². The van der Waals surface area contributed by atoms with Gasteiger partial charge >= 0.3 is 0 Å². The third kappa shape index (κ3) is 3.11. The van der Waals surface area contributed by atoms with Gasteiger partial charge in [-0.25, -0.2) is 0 Å². The number of rotatable bonds is 3. The van der Waals surface area contributed by atoms with E-state index in [4.69, 9.17) is 0 Å². The zero-order valence-electron chi connectivity index (χ0n) is 8.50. The van der Waals surface area contributed by atoms with Gasteiger partial charge in [-0.2, -0.15) is 0 Å². The van der Waals surface area contributed by atoms with Crippen LogP contribution in [0.5, 0.6) is 0 Å². The summed E-state index contributed by atoms with van der Waals surface area (Å²) in [4.78, 5) is 4.24. The number of allylic oxidation sites excluding steroid dienone is 2. The van der Waals surface area contributed by atoms with Gasteiger partial charge in [0.1, 0.15) is 0 Å². The third-order valence-electron chi connectivity index (χ3n) is 1.88. The molecule has 0 saturated carbocycles. The van der Waals surface area contributed by atoms with Crippen LogP contribution in [-0.2, 0) is 0 Å². The lowest BCUT2D eigenvalue weighted by atomic mass is 10.1. The minimum atomic E-state index is 0.825. The van der Waals surface area contributed by atoms with E-state index in [0.717, 1.165) is 16.6 Å². The Balaban J connectivity index is 2.96. The summed E-state index contributed by atoms with van der Waals surface area (Å²) in [5, 5.41) is 0. The number of halogens is 1. The van der Waals surface area contributed by atoms with Gasteiger partial charge < -0.3 is 0 Å². The molecule has 1 aromatic carbocycles. The zero-order valence-corrected chi connectivity index (χ0v) is 10.1. The zero-order chi connectivity index (χ0) is 10.4. The van der Waals surface area contributed by atoms with Crippen molar-refractivity contribution in [3.05, 3.63) is 40.4 Å². The molecular formula is C12H14BrN. The molecule has 0 aliphatic heterocycles. The maximum atomic E-state index is 4.24. The van der Waals surface area contributed by atoms with Crippen molar-refractivity contribution in [3.63, 3.8) is 0 Å². The first-order chi connectivity index (χ1) is 6.77. The van der Waals surface area contributed by atoms with Crippen LogP contribution in [0.4, 0.5) is 0 Å². The Morgan fingerprint density at radius 3 is 2.86 bits per heavy atom. The van der Waals surface area contributed by atoms with E-state index in [2.05, 4.69) is 39.1 Å². The van der Waals surface area contributed by atoms with Crippen molar-refractivity contribution >= 4 is 27.7 Å². The number of aliphatic imine (C=N–C) groups is 1. The molecule has 0 aliphatic carbocycles. The van der Waals surface area contributed by atoms with Crippen LogP contribution in [0.2, 0.25) is 0 Å². The SMILES string of the molecule is C/C=C(\C=N/CC)c1cccc(Br)c1. The minimum absolute atomic E-state index is 0.825. The molecule has 0 radical (unpaired) electrons. The highest BCUT2D eigenvalue weighted by molar-refractivity contribution is 9.10. The van der Waals surface area contributed by atoms with Gasteiger partial charge in [0.2, 0.25) is 0 Å². The minimum Gasteiger partial charge on any atom is -0.293 e. The van der Waals surface area contributed by atoms with E-state index >= 15 is 0 Å². The Morgan fingerprint density at radius 1 is 1.50 bits per heavy atom. The average Bonchev–Trinajstić information content (AvgIpc) is 2.19. The molecule has 0 N–H and O–H groups in total. The van der Waals surface area contributed by atoms with Crippen molar-refractivity contribution in [2.24, 2.45) is 4.99 Å². The van der Waals surface area contributed by atoms with Crippen LogP contribution in [0.1, 0.15) is 19.4 Å². The fourth-order valence-corrected chi connectivity index (χ4v) is 1.57. The van der Waals surface area contributed by atoms with E-state index in [0.29, 0.717) is 0 Å². The van der Waals surface area contributed by atoms with Crippen molar-refractivity contribution in [2.45, 2.75) is 13.8 Å². The predicted octanol–water partition coefficient (Wildman–Crippen LogP) is 3.94. The molecule has 0 aromatic heterocycles. The van der Waals surface area contributed by atoms with Crippen molar-refractivity contribution in [1.29, 1.82) is 0 Å². The van der Waals surface area contributed by atoms with Crippen molar-refractivity contribution in [2.75, 3.05) is 6.54 Å². The standard InChI is InChI=1S/C12H14BrN/c1-3-10(9-14-4-2)11-6-5-7-12(13)8-11/h3,5-9H,4H2,1-2H3/b10-3+,14-9-. The monoisotopic (exact) mass is 251 g/mol. The van der Waals surface area contributed by atoms with E-state index in [9.17, 15) is 0 Å². The summed E-state index contributed by atoms with van der Waals surface area (Å²) in [5.74, 6) is 0. The second-order valence-corrected chi connectivity index (χ2v) is 3.80. The highest BCUT2D eigenvalue weighted by Crippen LogP contribution is 2.17. The second-order valence-electron chi connectivity index (χ2n) is 2.88. The Morgan fingerprint density at radius 2 is 2.29 bits per heavy atom. The molecule has 1 rings (SSSR count). The van der Waals surface area contributed by atoms with Crippen LogP contribution in [0.15, 0.2) is 39.8 Å². The molecule has 0 aliphatic rings. The molecule has 0 spiro atoms. The Kier molecular flexibility index (Phi) is 4.60. The molecule has 1 nitrogen and oxygen atoms in total. The summed E-state index contributed by atoms with van der Waals surface area (Å²) < 4.78 is 1.10. The second kappa shape index (κ2) is 5.76. The molecule has 0 atom stereocenters. The van der Waals surface area contributed by atoms with Gasteiger partial charge in [0, 0.05) is 17.2 Å². The van der Waals surface area contributed by atoms with E-state index in [-0.39, 0.29) is 0 Å². The first kappa shape index (κ1) is 11.2. The number of nitrogens with zero attached hydrogens (tertiary/aromatic N) is 1. The molecule has 0 amide bonds. The molecule has 0 saturated heterocycles. The highest BCUT2D eigenvalue weighted by Gasteiger charge is 1.97. The summed E-state index contributed by atoms with van der Waals surface area (Å²) in [6.45, 7) is 4.88. The molecule has 1 aromatic rings. The van der Waals surface area contributed by atoms with Gasteiger partial charge in [-0.3, -0.25) is 4.99 Å². The fraction of sp³-hybridized carbons (Fsp3) is 0.250. The van der Waals surface area contributed by atoms with Crippen LogP contribution in [0.25, 0.3) is 5.57 Å². The Labute approximate surface area is 93.7 Å². The van der Waals surface area contributed by atoms with Crippen molar-refractivity contribution in [1.82, 2.24) is 0 Å². The van der Waals surface area contributed by atoms with Crippen molar-refractivity contribution < 1.29 is 0 Å². The topological polar surface area (TPSA) is 12.4 Å². The lowest BCUT2D eigenvalue weighted by Crippen LogP contribution is -1.86. The van der Waals surface area contributed by atoms with Crippen molar-refractivity contribution in [3.8, 4) is 0 Å². The van der Waals surface area contributed by atoms with Gasteiger partial charge in [-0.1, -0.05) is 34.1 Å². The maximum Gasteiger partial charge on any atom is 0.0361 e. The smallest absolute Gasteiger partial charge is 0.0361 e. The Hall–Kier alpha value is -0.890. The number of hydrogen-bond donors (Lipinski definition) is 0. The third-order valence-corrected chi connectivity index (χ3v) is 2.38. The normalized spacial score (nSPS) is 12.4. The summed E-state index contributed by atoms with van der Waals surface area (Å²) in [5.41, 5.74) is 2.35. The van der Waals surface area contributed by atoms with Crippen LogP contribution in [-0.4, -0.2) is 12.8 Å². The van der Waals surface area contributed by atoms with E-state index < -0.39 is 0 Å². The molecule has 0 heterocycles.